The lowest BCUT2D eigenvalue weighted by Gasteiger charge is -2.12. The molecule has 0 saturated carbocycles. The monoisotopic (exact) mass is 233 g/mol. The molecule has 0 aliphatic heterocycles. The smallest absolute Gasteiger partial charge is 0.119 e. The van der Waals surface area contributed by atoms with Crippen LogP contribution in [0.1, 0.15) is 31.2 Å². The van der Waals surface area contributed by atoms with E-state index in [9.17, 15) is 0 Å². The van der Waals surface area contributed by atoms with Crippen LogP contribution in [0.15, 0.2) is 36.9 Å². The molecular weight excluding hydrogens is 210 g/mol. The number of hydrogen-bond acceptors (Lipinski definition) is 2. The Kier molecular flexibility index (Phi) is 6.41. The Hall–Kier alpha value is -1.28. The zero-order chi connectivity index (χ0) is 12.5. The SMILES string of the molecule is C=CCCCC(N)CCOc1cccc(C)c1. The van der Waals surface area contributed by atoms with Crippen LogP contribution < -0.4 is 10.5 Å². The summed E-state index contributed by atoms with van der Waals surface area (Å²) in [6.07, 6.45) is 6.06. The first-order valence-electron chi connectivity index (χ1n) is 6.28. The molecule has 0 aliphatic rings. The van der Waals surface area contributed by atoms with Crippen LogP contribution >= 0.6 is 0 Å². The van der Waals surface area contributed by atoms with Gasteiger partial charge in [0.15, 0.2) is 0 Å². The van der Waals surface area contributed by atoms with Gasteiger partial charge in [-0.25, -0.2) is 0 Å². The fraction of sp³-hybridized carbons (Fsp3) is 0.467. The molecule has 0 radical (unpaired) electrons. The highest BCUT2D eigenvalue weighted by molar-refractivity contribution is 5.27. The zero-order valence-corrected chi connectivity index (χ0v) is 10.7. The molecule has 0 aliphatic carbocycles. The van der Waals surface area contributed by atoms with E-state index in [2.05, 4.69) is 19.6 Å². The minimum atomic E-state index is 0.236. The van der Waals surface area contributed by atoms with Gasteiger partial charge in [-0.1, -0.05) is 18.2 Å². The molecule has 1 aromatic carbocycles. The third-order valence-electron chi connectivity index (χ3n) is 2.73. The summed E-state index contributed by atoms with van der Waals surface area (Å²) in [4.78, 5) is 0. The summed E-state index contributed by atoms with van der Waals surface area (Å²) in [5.41, 5.74) is 7.21. The van der Waals surface area contributed by atoms with E-state index in [1.807, 2.05) is 24.3 Å². The van der Waals surface area contributed by atoms with Gasteiger partial charge in [0.05, 0.1) is 6.61 Å². The van der Waals surface area contributed by atoms with E-state index in [0.717, 1.165) is 31.4 Å². The average molecular weight is 233 g/mol. The van der Waals surface area contributed by atoms with Crippen molar-refractivity contribution in [3.05, 3.63) is 42.5 Å². The number of ether oxygens (including phenoxy) is 1. The molecule has 2 nitrogen and oxygen atoms in total. The molecular formula is C15H23NO. The summed E-state index contributed by atoms with van der Waals surface area (Å²) < 4.78 is 5.66. The Bertz CT molecular complexity index is 335. The molecule has 2 heteroatoms. The summed E-state index contributed by atoms with van der Waals surface area (Å²) in [6, 6.07) is 8.34. The van der Waals surface area contributed by atoms with Gasteiger partial charge in [-0.3, -0.25) is 0 Å². The van der Waals surface area contributed by atoms with E-state index in [1.54, 1.807) is 0 Å². The second-order valence-electron chi connectivity index (χ2n) is 4.43. The second kappa shape index (κ2) is 7.91. The number of hydrogen-bond donors (Lipinski definition) is 1. The Labute approximate surface area is 104 Å². The molecule has 1 rings (SSSR count). The molecule has 1 unspecified atom stereocenters. The van der Waals surface area contributed by atoms with Crippen LogP contribution in [0.4, 0.5) is 0 Å². The number of benzene rings is 1. The Morgan fingerprint density at radius 3 is 2.94 bits per heavy atom. The van der Waals surface area contributed by atoms with Crippen molar-refractivity contribution in [3.63, 3.8) is 0 Å². The molecule has 0 heterocycles. The lowest BCUT2D eigenvalue weighted by Crippen LogP contribution is -2.22. The molecule has 2 N–H and O–H groups in total. The summed E-state index contributed by atoms with van der Waals surface area (Å²) >= 11 is 0. The highest BCUT2D eigenvalue weighted by Crippen LogP contribution is 2.13. The lowest BCUT2D eigenvalue weighted by atomic mass is 10.1. The Balaban J connectivity index is 2.16. The third-order valence-corrected chi connectivity index (χ3v) is 2.73. The van der Waals surface area contributed by atoms with E-state index >= 15 is 0 Å². The van der Waals surface area contributed by atoms with Crippen molar-refractivity contribution in [1.82, 2.24) is 0 Å². The average Bonchev–Trinajstić information content (AvgIpc) is 2.29. The van der Waals surface area contributed by atoms with Gasteiger partial charge in [0, 0.05) is 6.04 Å². The van der Waals surface area contributed by atoms with Crippen molar-refractivity contribution in [2.24, 2.45) is 5.73 Å². The van der Waals surface area contributed by atoms with Gasteiger partial charge in [0.1, 0.15) is 5.75 Å². The lowest BCUT2D eigenvalue weighted by molar-refractivity contribution is 0.293. The third kappa shape index (κ3) is 6.12. The topological polar surface area (TPSA) is 35.2 Å². The van der Waals surface area contributed by atoms with Gasteiger partial charge in [-0.15, -0.1) is 6.58 Å². The quantitative estimate of drug-likeness (QED) is 0.551. The van der Waals surface area contributed by atoms with Gasteiger partial charge in [-0.2, -0.15) is 0 Å². The Morgan fingerprint density at radius 2 is 2.24 bits per heavy atom. The fourth-order valence-corrected chi connectivity index (χ4v) is 1.70. The van der Waals surface area contributed by atoms with E-state index in [-0.39, 0.29) is 6.04 Å². The summed E-state index contributed by atoms with van der Waals surface area (Å²) in [6.45, 7) is 6.46. The van der Waals surface area contributed by atoms with Gasteiger partial charge in [-0.05, 0) is 50.3 Å². The first kappa shape index (κ1) is 13.8. The molecule has 0 spiro atoms. The van der Waals surface area contributed by atoms with Crippen molar-refractivity contribution < 1.29 is 4.74 Å². The van der Waals surface area contributed by atoms with Crippen molar-refractivity contribution in [2.45, 2.75) is 38.6 Å². The highest BCUT2D eigenvalue weighted by Gasteiger charge is 2.02. The van der Waals surface area contributed by atoms with Gasteiger partial charge < -0.3 is 10.5 Å². The molecule has 0 fully saturated rings. The zero-order valence-electron chi connectivity index (χ0n) is 10.7. The van der Waals surface area contributed by atoms with E-state index < -0.39 is 0 Å². The maximum Gasteiger partial charge on any atom is 0.119 e. The van der Waals surface area contributed by atoms with Crippen LogP contribution in [0.25, 0.3) is 0 Å². The highest BCUT2D eigenvalue weighted by atomic mass is 16.5. The number of nitrogens with two attached hydrogens (primary N) is 1. The van der Waals surface area contributed by atoms with E-state index in [1.165, 1.54) is 5.56 Å². The van der Waals surface area contributed by atoms with Crippen molar-refractivity contribution in [3.8, 4) is 5.75 Å². The van der Waals surface area contributed by atoms with Crippen molar-refractivity contribution >= 4 is 0 Å². The molecule has 1 aromatic rings. The predicted molar refractivity (Wildman–Crippen MR) is 73.3 cm³/mol. The maximum atomic E-state index is 5.99. The largest absolute Gasteiger partial charge is 0.494 e. The second-order valence-corrected chi connectivity index (χ2v) is 4.43. The summed E-state index contributed by atoms with van der Waals surface area (Å²) in [5.74, 6) is 0.934. The van der Waals surface area contributed by atoms with E-state index in [0.29, 0.717) is 6.61 Å². The minimum absolute atomic E-state index is 0.236. The minimum Gasteiger partial charge on any atom is -0.494 e. The molecule has 0 amide bonds. The molecule has 17 heavy (non-hydrogen) atoms. The molecule has 0 saturated heterocycles. The number of aryl methyl sites for hydroxylation is 1. The van der Waals surface area contributed by atoms with Gasteiger partial charge in [0.25, 0.3) is 0 Å². The maximum absolute atomic E-state index is 5.99. The van der Waals surface area contributed by atoms with Crippen molar-refractivity contribution in [2.75, 3.05) is 6.61 Å². The number of rotatable bonds is 8. The van der Waals surface area contributed by atoms with Crippen LogP contribution in [0.5, 0.6) is 5.75 Å². The number of unbranched alkanes of at least 4 members (excludes halogenated alkanes) is 1. The van der Waals surface area contributed by atoms with Crippen LogP contribution in [0.2, 0.25) is 0 Å². The first-order chi connectivity index (χ1) is 8.22. The van der Waals surface area contributed by atoms with Crippen molar-refractivity contribution in [1.29, 1.82) is 0 Å². The molecule has 0 bridgehead atoms. The fourth-order valence-electron chi connectivity index (χ4n) is 1.70. The first-order valence-corrected chi connectivity index (χ1v) is 6.28. The van der Waals surface area contributed by atoms with Crippen LogP contribution in [0.3, 0.4) is 0 Å². The number of allylic oxidation sites excluding steroid dienone is 1. The Morgan fingerprint density at radius 1 is 1.41 bits per heavy atom. The molecule has 0 aromatic heterocycles. The van der Waals surface area contributed by atoms with Crippen LogP contribution in [0, 0.1) is 6.92 Å². The van der Waals surface area contributed by atoms with Crippen LogP contribution in [-0.4, -0.2) is 12.6 Å². The van der Waals surface area contributed by atoms with Gasteiger partial charge in [0.2, 0.25) is 0 Å². The van der Waals surface area contributed by atoms with E-state index in [4.69, 9.17) is 10.5 Å². The molecule has 94 valence electrons. The van der Waals surface area contributed by atoms with Crippen LogP contribution in [-0.2, 0) is 0 Å². The summed E-state index contributed by atoms with van der Waals surface area (Å²) in [7, 11) is 0. The normalized spacial score (nSPS) is 12.1. The van der Waals surface area contributed by atoms with Gasteiger partial charge >= 0.3 is 0 Å². The standard InChI is InChI=1S/C15H23NO/c1-3-4-5-8-14(16)10-11-17-15-9-6-7-13(2)12-15/h3,6-7,9,12,14H,1,4-5,8,10-11,16H2,2H3. The predicted octanol–water partition coefficient (Wildman–Crippen LogP) is 3.45. The summed E-state index contributed by atoms with van der Waals surface area (Å²) in [5, 5.41) is 0. The molecule has 1 atom stereocenters.